The SMILES string of the molecule is CCCCN(C)c1ccc(NC(=O)c2cccs2)nn1. The molecule has 2 aromatic rings. The fourth-order valence-corrected chi connectivity index (χ4v) is 2.31. The van der Waals surface area contributed by atoms with Gasteiger partial charge in [0.15, 0.2) is 11.6 Å². The van der Waals surface area contributed by atoms with E-state index in [1.807, 2.05) is 24.6 Å². The predicted octanol–water partition coefficient (Wildman–Crippen LogP) is 3.03. The van der Waals surface area contributed by atoms with Gasteiger partial charge in [0.05, 0.1) is 4.88 Å². The fraction of sp³-hybridized carbons (Fsp3) is 0.357. The van der Waals surface area contributed by atoms with Crippen molar-refractivity contribution in [3.8, 4) is 0 Å². The third-order valence-electron chi connectivity index (χ3n) is 2.88. The van der Waals surface area contributed by atoms with Crippen molar-refractivity contribution in [1.29, 1.82) is 0 Å². The van der Waals surface area contributed by atoms with E-state index in [2.05, 4.69) is 27.3 Å². The molecule has 0 aliphatic heterocycles. The number of thiophene rings is 1. The van der Waals surface area contributed by atoms with Crippen molar-refractivity contribution in [2.45, 2.75) is 19.8 Å². The Kier molecular flexibility index (Phi) is 5.06. The number of hydrogen-bond donors (Lipinski definition) is 1. The van der Waals surface area contributed by atoms with Crippen molar-refractivity contribution >= 4 is 28.9 Å². The van der Waals surface area contributed by atoms with Gasteiger partial charge in [-0.25, -0.2) is 0 Å². The smallest absolute Gasteiger partial charge is 0.266 e. The third kappa shape index (κ3) is 3.77. The molecule has 1 amide bonds. The van der Waals surface area contributed by atoms with Crippen LogP contribution in [0.5, 0.6) is 0 Å². The Morgan fingerprint density at radius 2 is 2.20 bits per heavy atom. The average molecular weight is 290 g/mol. The van der Waals surface area contributed by atoms with Gasteiger partial charge in [0, 0.05) is 13.6 Å². The molecular formula is C14H18N4OS. The molecule has 1 N–H and O–H groups in total. The summed E-state index contributed by atoms with van der Waals surface area (Å²) in [6.07, 6.45) is 2.27. The first-order valence-electron chi connectivity index (χ1n) is 6.60. The van der Waals surface area contributed by atoms with Crippen LogP contribution in [0.4, 0.5) is 11.6 Å². The van der Waals surface area contributed by atoms with Crippen LogP contribution in [0.2, 0.25) is 0 Å². The molecule has 0 saturated carbocycles. The molecule has 0 aromatic carbocycles. The minimum absolute atomic E-state index is 0.151. The maximum Gasteiger partial charge on any atom is 0.266 e. The number of nitrogens with zero attached hydrogens (tertiary/aromatic N) is 3. The summed E-state index contributed by atoms with van der Waals surface area (Å²) in [5.74, 6) is 1.13. The highest BCUT2D eigenvalue weighted by Gasteiger charge is 2.08. The summed E-state index contributed by atoms with van der Waals surface area (Å²) in [6, 6.07) is 7.26. The lowest BCUT2D eigenvalue weighted by Crippen LogP contribution is -2.20. The Labute approximate surface area is 122 Å². The molecule has 0 radical (unpaired) electrons. The van der Waals surface area contributed by atoms with Crippen molar-refractivity contribution in [3.63, 3.8) is 0 Å². The zero-order valence-corrected chi connectivity index (χ0v) is 12.5. The lowest BCUT2D eigenvalue weighted by atomic mass is 10.3. The van der Waals surface area contributed by atoms with Crippen molar-refractivity contribution in [2.75, 3.05) is 23.8 Å². The summed E-state index contributed by atoms with van der Waals surface area (Å²) >= 11 is 1.40. The summed E-state index contributed by atoms with van der Waals surface area (Å²) in [5.41, 5.74) is 0. The number of unbranched alkanes of at least 4 members (excludes halogenated alkanes) is 1. The molecule has 106 valence electrons. The molecule has 20 heavy (non-hydrogen) atoms. The Hall–Kier alpha value is -1.95. The lowest BCUT2D eigenvalue weighted by Gasteiger charge is -2.16. The molecule has 0 unspecified atom stereocenters. The first kappa shape index (κ1) is 14.5. The molecule has 5 nitrogen and oxygen atoms in total. The van der Waals surface area contributed by atoms with Gasteiger partial charge < -0.3 is 10.2 Å². The first-order valence-corrected chi connectivity index (χ1v) is 7.48. The van der Waals surface area contributed by atoms with E-state index in [4.69, 9.17) is 0 Å². The molecule has 0 aliphatic carbocycles. The lowest BCUT2D eigenvalue weighted by molar-refractivity contribution is 0.103. The zero-order valence-electron chi connectivity index (χ0n) is 11.7. The Bertz CT molecular complexity index is 539. The predicted molar refractivity (Wildman–Crippen MR) is 82.5 cm³/mol. The third-order valence-corrected chi connectivity index (χ3v) is 3.74. The van der Waals surface area contributed by atoms with Crippen molar-refractivity contribution in [3.05, 3.63) is 34.5 Å². The Morgan fingerprint density at radius 3 is 2.80 bits per heavy atom. The van der Waals surface area contributed by atoms with Crippen LogP contribution in [0.25, 0.3) is 0 Å². The topological polar surface area (TPSA) is 58.1 Å². The largest absolute Gasteiger partial charge is 0.358 e. The van der Waals surface area contributed by atoms with Crippen molar-refractivity contribution in [1.82, 2.24) is 10.2 Å². The van der Waals surface area contributed by atoms with Crippen LogP contribution >= 0.6 is 11.3 Å². The highest BCUT2D eigenvalue weighted by molar-refractivity contribution is 7.12. The van der Waals surface area contributed by atoms with Gasteiger partial charge in [0.2, 0.25) is 0 Å². The normalized spacial score (nSPS) is 10.3. The van der Waals surface area contributed by atoms with Gasteiger partial charge in [0.1, 0.15) is 0 Å². The fourth-order valence-electron chi connectivity index (χ4n) is 1.69. The molecule has 0 fully saturated rings. The van der Waals surface area contributed by atoms with Crippen molar-refractivity contribution < 1.29 is 4.79 Å². The molecule has 6 heteroatoms. The summed E-state index contributed by atoms with van der Waals surface area (Å²) < 4.78 is 0. The number of rotatable bonds is 6. The second-order valence-electron chi connectivity index (χ2n) is 4.48. The van der Waals surface area contributed by atoms with Gasteiger partial charge in [-0.15, -0.1) is 21.5 Å². The van der Waals surface area contributed by atoms with Crippen LogP contribution in [-0.4, -0.2) is 29.7 Å². The number of anilines is 2. The maximum atomic E-state index is 11.9. The van der Waals surface area contributed by atoms with Gasteiger partial charge >= 0.3 is 0 Å². The van der Waals surface area contributed by atoms with Crippen LogP contribution < -0.4 is 10.2 Å². The number of hydrogen-bond acceptors (Lipinski definition) is 5. The molecule has 0 aliphatic rings. The van der Waals surface area contributed by atoms with E-state index in [1.54, 1.807) is 12.1 Å². The van der Waals surface area contributed by atoms with Gasteiger partial charge in [-0.3, -0.25) is 4.79 Å². The minimum Gasteiger partial charge on any atom is -0.358 e. The monoisotopic (exact) mass is 290 g/mol. The van der Waals surface area contributed by atoms with Gasteiger partial charge in [-0.05, 0) is 30.0 Å². The number of nitrogens with one attached hydrogen (secondary N) is 1. The van der Waals surface area contributed by atoms with Crippen LogP contribution in [0.3, 0.4) is 0 Å². The second kappa shape index (κ2) is 7.00. The van der Waals surface area contributed by atoms with E-state index in [9.17, 15) is 4.79 Å². The van der Waals surface area contributed by atoms with Crippen LogP contribution in [0, 0.1) is 0 Å². The molecule has 2 heterocycles. The zero-order chi connectivity index (χ0) is 14.4. The first-order chi connectivity index (χ1) is 9.70. The Balaban J connectivity index is 1.96. The van der Waals surface area contributed by atoms with Crippen LogP contribution in [0.15, 0.2) is 29.6 Å². The van der Waals surface area contributed by atoms with Crippen LogP contribution in [0.1, 0.15) is 29.4 Å². The molecule has 2 rings (SSSR count). The number of aromatic nitrogens is 2. The number of amides is 1. The highest BCUT2D eigenvalue weighted by Crippen LogP contribution is 2.13. The van der Waals surface area contributed by atoms with Gasteiger partial charge in [-0.2, -0.15) is 0 Å². The quantitative estimate of drug-likeness (QED) is 0.888. The standard InChI is InChI=1S/C14H18N4OS/c1-3-4-9-18(2)13-8-7-12(16-17-13)15-14(19)11-6-5-10-20-11/h5-8,10H,3-4,9H2,1-2H3,(H,15,16,19). The summed E-state index contributed by atoms with van der Waals surface area (Å²) in [6.45, 7) is 3.11. The summed E-state index contributed by atoms with van der Waals surface area (Å²) in [7, 11) is 1.99. The van der Waals surface area contributed by atoms with Gasteiger partial charge in [0.25, 0.3) is 5.91 Å². The molecule has 0 spiro atoms. The summed E-state index contributed by atoms with van der Waals surface area (Å²) in [4.78, 5) is 14.6. The van der Waals surface area contributed by atoms with Crippen molar-refractivity contribution in [2.24, 2.45) is 0 Å². The molecule has 0 bridgehead atoms. The average Bonchev–Trinajstić information content (AvgIpc) is 3.00. The second-order valence-corrected chi connectivity index (χ2v) is 5.43. The summed E-state index contributed by atoms with van der Waals surface area (Å²) in [5, 5.41) is 12.8. The maximum absolute atomic E-state index is 11.9. The number of carbonyl (C=O) groups excluding carboxylic acids is 1. The highest BCUT2D eigenvalue weighted by atomic mass is 32.1. The molecular weight excluding hydrogens is 272 g/mol. The van der Waals surface area contributed by atoms with E-state index < -0.39 is 0 Å². The van der Waals surface area contributed by atoms with E-state index in [-0.39, 0.29) is 5.91 Å². The minimum atomic E-state index is -0.151. The van der Waals surface area contributed by atoms with E-state index in [1.165, 1.54) is 11.3 Å². The number of carbonyl (C=O) groups is 1. The van der Waals surface area contributed by atoms with Crippen LogP contribution in [-0.2, 0) is 0 Å². The van der Waals surface area contributed by atoms with E-state index in [0.29, 0.717) is 10.7 Å². The van der Waals surface area contributed by atoms with E-state index >= 15 is 0 Å². The molecule has 0 saturated heterocycles. The Morgan fingerprint density at radius 1 is 1.35 bits per heavy atom. The molecule has 2 aromatic heterocycles. The van der Waals surface area contributed by atoms with Gasteiger partial charge in [-0.1, -0.05) is 19.4 Å². The van der Waals surface area contributed by atoms with E-state index in [0.717, 1.165) is 25.2 Å². The molecule has 0 atom stereocenters.